The van der Waals surface area contributed by atoms with Gasteiger partial charge in [-0.15, -0.1) is 0 Å². The highest BCUT2D eigenvalue weighted by Gasteiger charge is 2.29. The van der Waals surface area contributed by atoms with Gasteiger partial charge in [0.1, 0.15) is 12.1 Å². The van der Waals surface area contributed by atoms with Crippen LogP contribution in [0.3, 0.4) is 0 Å². The molecule has 29 heavy (non-hydrogen) atoms. The normalized spacial score (nSPS) is 16.8. The molecule has 0 saturated heterocycles. The van der Waals surface area contributed by atoms with Crippen molar-refractivity contribution in [1.29, 1.82) is 0 Å². The lowest BCUT2D eigenvalue weighted by molar-refractivity contribution is 0.537. The Morgan fingerprint density at radius 2 is 2.03 bits per heavy atom. The lowest BCUT2D eigenvalue weighted by Crippen LogP contribution is -2.28. The van der Waals surface area contributed by atoms with E-state index >= 15 is 0 Å². The van der Waals surface area contributed by atoms with Crippen molar-refractivity contribution in [2.45, 2.75) is 10.9 Å². The zero-order valence-corrected chi connectivity index (χ0v) is 16.3. The Balaban J connectivity index is 1.77. The minimum absolute atomic E-state index is 0.196. The van der Waals surface area contributed by atoms with E-state index in [2.05, 4.69) is 26.0 Å². The molecule has 0 radical (unpaired) electrons. The fourth-order valence-corrected chi connectivity index (χ4v) is 4.30. The van der Waals surface area contributed by atoms with E-state index in [1.54, 1.807) is 18.3 Å². The van der Waals surface area contributed by atoms with Gasteiger partial charge in [-0.3, -0.25) is 8.89 Å². The first kappa shape index (κ1) is 17.7. The van der Waals surface area contributed by atoms with E-state index in [1.807, 2.05) is 54.5 Å². The van der Waals surface area contributed by atoms with Crippen LogP contribution in [0.2, 0.25) is 0 Å². The maximum Gasteiger partial charge on any atom is 0.136 e. The highest BCUT2D eigenvalue weighted by atomic mass is 32.2. The summed E-state index contributed by atoms with van der Waals surface area (Å²) >= 11 is -2.28. The summed E-state index contributed by atoms with van der Waals surface area (Å²) in [5.41, 5.74) is 3.94. The summed E-state index contributed by atoms with van der Waals surface area (Å²) in [6.07, 6.45) is 8.91. The van der Waals surface area contributed by atoms with Gasteiger partial charge in [0.25, 0.3) is 0 Å². The number of fused-ring (bicyclic) bond motifs is 2. The van der Waals surface area contributed by atoms with E-state index in [0.29, 0.717) is 0 Å². The van der Waals surface area contributed by atoms with Crippen molar-refractivity contribution in [3.05, 3.63) is 84.1 Å². The van der Waals surface area contributed by atoms with Gasteiger partial charge in [0.2, 0.25) is 0 Å². The second kappa shape index (κ2) is 6.91. The summed E-state index contributed by atoms with van der Waals surface area (Å²) in [5, 5.41) is 5.46. The largest absolute Gasteiger partial charge is 0.768 e. The van der Waals surface area contributed by atoms with E-state index in [9.17, 15) is 8.76 Å². The van der Waals surface area contributed by atoms with Gasteiger partial charge in [-0.1, -0.05) is 24.3 Å². The summed E-state index contributed by atoms with van der Waals surface area (Å²) in [6.45, 7) is 0. The van der Waals surface area contributed by atoms with Gasteiger partial charge in [-0.05, 0) is 46.5 Å². The average molecular weight is 402 g/mol. The summed E-state index contributed by atoms with van der Waals surface area (Å²) in [4.78, 5) is 10.8. The molecule has 2 aromatic heterocycles. The van der Waals surface area contributed by atoms with Gasteiger partial charge < -0.3 is 9.45 Å². The minimum atomic E-state index is -2.28. The maximum atomic E-state index is 11.4. The molecule has 0 amide bonds. The van der Waals surface area contributed by atoms with E-state index in [-0.39, 0.29) is 10.9 Å². The molecule has 0 aliphatic carbocycles. The van der Waals surface area contributed by atoms with E-state index < -0.39 is 11.1 Å². The highest BCUT2D eigenvalue weighted by Crippen LogP contribution is 2.40. The number of anilines is 1. The van der Waals surface area contributed by atoms with Gasteiger partial charge >= 0.3 is 0 Å². The Hall–Kier alpha value is -3.36. The van der Waals surface area contributed by atoms with E-state index in [4.69, 9.17) is 0 Å². The van der Waals surface area contributed by atoms with Gasteiger partial charge in [-0.2, -0.15) is 5.10 Å². The van der Waals surface area contributed by atoms with Crippen molar-refractivity contribution in [3.8, 4) is 0 Å². The molecule has 0 bridgehead atoms. The number of aromatic nitrogens is 4. The van der Waals surface area contributed by atoms with Gasteiger partial charge in [0.05, 0.1) is 17.8 Å². The van der Waals surface area contributed by atoms with Crippen LogP contribution in [0, 0.1) is 0 Å². The lowest BCUT2D eigenvalue weighted by Gasteiger charge is -2.35. The molecule has 0 spiro atoms. The van der Waals surface area contributed by atoms with Crippen LogP contribution in [0.25, 0.3) is 17.0 Å². The Morgan fingerprint density at radius 3 is 2.83 bits per heavy atom. The maximum absolute atomic E-state index is 11.4. The third kappa shape index (κ3) is 2.93. The number of nitrogens with zero attached hydrogens (tertiary/aromatic N) is 5. The smallest absolute Gasteiger partial charge is 0.136 e. The first-order valence-corrected chi connectivity index (χ1v) is 10.1. The van der Waals surface area contributed by atoms with Crippen LogP contribution < -0.4 is 4.90 Å². The number of benzene rings is 2. The second-order valence-electron chi connectivity index (χ2n) is 6.77. The molecule has 8 heteroatoms. The van der Waals surface area contributed by atoms with Crippen LogP contribution in [0.15, 0.2) is 72.3 Å². The Morgan fingerprint density at radius 1 is 1.14 bits per heavy atom. The SMILES string of the molecule is Cn1ncc2cccc(C3c4ccc(S(=O)[O-])cc4C=CN3c3ccncn3)c21. The molecule has 4 aromatic rings. The summed E-state index contributed by atoms with van der Waals surface area (Å²) in [7, 11) is 1.92. The molecule has 1 aliphatic rings. The molecule has 0 saturated carbocycles. The number of hydrogen-bond acceptors (Lipinski definition) is 6. The molecular weight excluding hydrogens is 386 g/mol. The highest BCUT2D eigenvalue weighted by molar-refractivity contribution is 7.79. The molecule has 7 nitrogen and oxygen atoms in total. The van der Waals surface area contributed by atoms with Crippen molar-refractivity contribution in [2.75, 3.05) is 4.90 Å². The molecule has 2 aromatic carbocycles. The fourth-order valence-electron chi connectivity index (χ4n) is 3.89. The molecule has 2 atom stereocenters. The topological polar surface area (TPSA) is 87.0 Å². The summed E-state index contributed by atoms with van der Waals surface area (Å²) in [5.74, 6) is 0.752. The summed E-state index contributed by atoms with van der Waals surface area (Å²) < 4.78 is 24.8. The van der Waals surface area contributed by atoms with Crippen LogP contribution in [-0.4, -0.2) is 28.5 Å². The molecular formula is C21H16N5O2S-. The molecule has 0 N–H and O–H groups in total. The zero-order valence-electron chi connectivity index (χ0n) is 15.5. The van der Waals surface area contributed by atoms with Crippen LogP contribution in [0.4, 0.5) is 5.82 Å². The number of aryl methyl sites for hydroxylation is 1. The van der Waals surface area contributed by atoms with Crippen molar-refractivity contribution >= 4 is 33.9 Å². The fraction of sp³-hybridized carbons (Fsp3) is 0.0952. The standard InChI is InChI=1S/C21H17N5O2S/c1-25-20-15(12-24-25)3-2-4-18(20)21-17-6-5-16(29(27)28)11-14(17)8-10-26(21)19-7-9-22-13-23-19/h2-13,21H,1H3,(H,27,28)/p-1. The number of hydrogen-bond donors (Lipinski definition) is 0. The lowest BCUT2D eigenvalue weighted by atomic mass is 9.89. The van der Waals surface area contributed by atoms with E-state index in [1.165, 1.54) is 6.33 Å². The van der Waals surface area contributed by atoms with Gasteiger partial charge in [0, 0.05) is 35.3 Å². The molecule has 0 fully saturated rings. The van der Waals surface area contributed by atoms with Crippen molar-refractivity contribution in [3.63, 3.8) is 0 Å². The van der Waals surface area contributed by atoms with Gasteiger partial charge in [0.15, 0.2) is 0 Å². The Labute approximate surface area is 169 Å². The third-order valence-corrected chi connectivity index (χ3v) is 5.79. The monoisotopic (exact) mass is 402 g/mol. The number of para-hydroxylation sites is 1. The van der Waals surface area contributed by atoms with Crippen LogP contribution >= 0.6 is 0 Å². The summed E-state index contributed by atoms with van der Waals surface area (Å²) in [6, 6.07) is 13.0. The Bertz CT molecular complexity index is 1270. The molecule has 2 unspecified atom stereocenters. The first-order chi connectivity index (χ1) is 14.1. The Kier molecular flexibility index (Phi) is 4.22. The third-order valence-electron chi connectivity index (χ3n) is 5.16. The predicted octanol–water partition coefficient (Wildman–Crippen LogP) is 3.18. The van der Waals surface area contributed by atoms with Crippen molar-refractivity contribution < 1.29 is 8.76 Å². The second-order valence-corrected chi connectivity index (χ2v) is 7.71. The molecule has 5 rings (SSSR count). The molecule has 1 aliphatic heterocycles. The van der Waals surface area contributed by atoms with Crippen molar-refractivity contribution in [2.24, 2.45) is 7.05 Å². The van der Waals surface area contributed by atoms with Crippen LogP contribution in [0.1, 0.15) is 22.7 Å². The van der Waals surface area contributed by atoms with E-state index in [0.717, 1.165) is 33.4 Å². The van der Waals surface area contributed by atoms with Crippen molar-refractivity contribution in [1.82, 2.24) is 19.7 Å². The zero-order chi connectivity index (χ0) is 20.0. The molecule has 144 valence electrons. The van der Waals surface area contributed by atoms with Crippen LogP contribution in [0.5, 0.6) is 0 Å². The number of rotatable bonds is 3. The first-order valence-electron chi connectivity index (χ1n) is 9.00. The quantitative estimate of drug-likeness (QED) is 0.489. The molecule has 3 heterocycles. The van der Waals surface area contributed by atoms with Gasteiger partial charge in [-0.25, -0.2) is 9.97 Å². The average Bonchev–Trinajstić information content (AvgIpc) is 3.14. The predicted molar refractivity (Wildman–Crippen MR) is 110 cm³/mol. The van der Waals surface area contributed by atoms with Crippen LogP contribution in [-0.2, 0) is 18.1 Å². The minimum Gasteiger partial charge on any atom is -0.768 e.